The highest BCUT2D eigenvalue weighted by molar-refractivity contribution is 5.80. The number of halogens is 6. The predicted octanol–water partition coefficient (Wildman–Crippen LogP) is 7.62. The van der Waals surface area contributed by atoms with Gasteiger partial charge in [-0.2, -0.15) is 26.3 Å². The van der Waals surface area contributed by atoms with E-state index in [1.807, 2.05) is 13.0 Å². The molecule has 200 valence electrons. The molecule has 1 aliphatic heterocycles. The lowest BCUT2D eigenvalue weighted by molar-refractivity contribution is -0.138. The highest BCUT2D eigenvalue weighted by atomic mass is 19.4. The number of ether oxygens (including phenoxy) is 1. The molecule has 1 saturated carbocycles. The van der Waals surface area contributed by atoms with Gasteiger partial charge in [0, 0.05) is 18.2 Å². The van der Waals surface area contributed by atoms with Gasteiger partial charge in [0.05, 0.1) is 23.0 Å². The summed E-state index contributed by atoms with van der Waals surface area (Å²) in [5, 5.41) is 3.28. The predicted molar refractivity (Wildman–Crippen MR) is 130 cm³/mol. The first-order valence-corrected chi connectivity index (χ1v) is 12.2. The molecule has 0 bridgehead atoms. The van der Waals surface area contributed by atoms with Crippen LogP contribution in [-0.2, 0) is 12.4 Å². The molecule has 0 radical (unpaired) electrons. The van der Waals surface area contributed by atoms with Gasteiger partial charge in [0.1, 0.15) is 17.9 Å². The van der Waals surface area contributed by atoms with Gasteiger partial charge in [-0.15, -0.1) is 0 Å². The summed E-state index contributed by atoms with van der Waals surface area (Å²) in [6.45, 7) is 4.28. The normalized spacial score (nSPS) is 20.6. The third-order valence-corrected chi connectivity index (χ3v) is 6.65. The number of imidazole rings is 1. The summed E-state index contributed by atoms with van der Waals surface area (Å²) in [6, 6.07) is 6.96. The number of alkyl halides is 6. The molecule has 2 aliphatic rings. The van der Waals surface area contributed by atoms with E-state index in [1.165, 1.54) is 43.8 Å². The fourth-order valence-corrected chi connectivity index (χ4v) is 4.44. The number of hydrogen-bond acceptors (Lipinski definition) is 3. The fraction of sp³-hybridized carbons (Fsp3) is 0.444. The molecule has 3 aromatic rings. The number of aromatic amines is 1. The molecule has 2 N–H and O–H groups in total. The van der Waals surface area contributed by atoms with Crippen LogP contribution in [0.25, 0.3) is 16.6 Å². The van der Waals surface area contributed by atoms with E-state index >= 15 is 0 Å². The number of nitrogens with one attached hydrogen (secondary N) is 2. The van der Waals surface area contributed by atoms with Crippen molar-refractivity contribution in [2.75, 3.05) is 6.61 Å². The van der Waals surface area contributed by atoms with Crippen LogP contribution >= 0.6 is 0 Å². The van der Waals surface area contributed by atoms with Crippen LogP contribution in [0.4, 0.5) is 26.3 Å². The molecule has 2 atom stereocenters. The molecule has 0 amide bonds. The minimum atomic E-state index is -4.58. The van der Waals surface area contributed by atoms with Crippen molar-refractivity contribution >= 4 is 16.6 Å². The molecule has 4 nitrogen and oxygen atoms in total. The SMILES string of the molecule is CC1C=C(c2ccc(C(F)(F)F)cc2)CC(COc2cc(C(F)(F)F)c3nc[nH]c3c2)N1.CC1CCC1. The van der Waals surface area contributed by atoms with Gasteiger partial charge in [-0.3, -0.25) is 0 Å². The van der Waals surface area contributed by atoms with Gasteiger partial charge < -0.3 is 15.0 Å². The molecule has 2 aromatic carbocycles. The maximum atomic E-state index is 13.4. The lowest BCUT2D eigenvalue weighted by Crippen LogP contribution is -2.42. The zero-order valence-corrected chi connectivity index (χ0v) is 20.5. The second-order valence-corrected chi connectivity index (χ2v) is 9.74. The number of fused-ring (bicyclic) bond motifs is 1. The zero-order chi connectivity index (χ0) is 26.8. The van der Waals surface area contributed by atoms with E-state index < -0.39 is 23.5 Å². The maximum absolute atomic E-state index is 13.4. The summed E-state index contributed by atoms with van der Waals surface area (Å²) in [5.74, 6) is 1.11. The lowest BCUT2D eigenvalue weighted by atomic mass is 9.88. The van der Waals surface area contributed by atoms with Crippen molar-refractivity contribution in [3.63, 3.8) is 0 Å². The molecule has 2 heterocycles. The largest absolute Gasteiger partial charge is 0.492 e. The third kappa shape index (κ3) is 6.85. The van der Waals surface area contributed by atoms with Crippen molar-refractivity contribution in [1.82, 2.24) is 15.3 Å². The van der Waals surface area contributed by atoms with E-state index in [9.17, 15) is 26.3 Å². The molecule has 2 unspecified atom stereocenters. The number of nitrogens with zero attached hydrogens (tertiary/aromatic N) is 1. The molecule has 1 aliphatic carbocycles. The zero-order valence-electron chi connectivity index (χ0n) is 20.5. The van der Waals surface area contributed by atoms with Gasteiger partial charge >= 0.3 is 12.4 Å². The topological polar surface area (TPSA) is 49.9 Å². The van der Waals surface area contributed by atoms with Gasteiger partial charge in [-0.25, -0.2) is 4.98 Å². The Morgan fingerprint density at radius 2 is 1.65 bits per heavy atom. The van der Waals surface area contributed by atoms with Gasteiger partial charge in [-0.05, 0) is 48.6 Å². The quantitative estimate of drug-likeness (QED) is 0.345. The fourth-order valence-electron chi connectivity index (χ4n) is 4.44. The molecular formula is C27H29F6N3O. The van der Waals surface area contributed by atoms with E-state index in [2.05, 4.69) is 22.2 Å². The van der Waals surface area contributed by atoms with Crippen molar-refractivity contribution in [2.45, 2.75) is 64.0 Å². The van der Waals surface area contributed by atoms with Crippen molar-refractivity contribution in [1.29, 1.82) is 0 Å². The van der Waals surface area contributed by atoms with Crippen LogP contribution in [0.5, 0.6) is 5.75 Å². The number of hydrogen-bond donors (Lipinski definition) is 2. The molecular weight excluding hydrogens is 496 g/mol. The Labute approximate surface area is 211 Å². The smallest absolute Gasteiger partial charge is 0.418 e. The Kier molecular flexibility index (Phi) is 7.87. The maximum Gasteiger partial charge on any atom is 0.418 e. The Bertz CT molecular complexity index is 1230. The highest BCUT2D eigenvalue weighted by Crippen LogP contribution is 2.37. The summed E-state index contributed by atoms with van der Waals surface area (Å²) >= 11 is 0. The first-order chi connectivity index (χ1) is 17.4. The van der Waals surface area contributed by atoms with Gasteiger partial charge in [-0.1, -0.05) is 44.4 Å². The average molecular weight is 526 g/mol. The Balaban J connectivity index is 0.000000572. The van der Waals surface area contributed by atoms with Crippen LogP contribution in [0.3, 0.4) is 0 Å². The first kappa shape index (κ1) is 27.0. The van der Waals surface area contributed by atoms with Gasteiger partial charge in [0.25, 0.3) is 0 Å². The summed E-state index contributed by atoms with van der Waals surface area (Å²) in [7, 11) is 0. The van der Waals surface area contributed by atoms with E-state index in [1.54, 1.807) is 0 Å². The average Bonchev–Trinajstić information content (AvgIpc) is 3.28. The summed E-state index contributed by atoms with van der Waals surface area (Å²) in [4.78, 5) is 6.39. The molecule has 1 fully saturated rings. The lowest BCUT2D eigenvalue weighted by Gasteiger charge is -2.29. The van der Waals surface area contributed by atoms with Gasteiger partial charge in [0.2, 0.25) is 0 Å². The molecule has 0 saturated heterocycles. The van der Waals surface area contributed by atoms with E-state index in [0.717, 1.165) is 29.7 Å². The van der Waals surface area contributed by atoms with Crippen molar-refractivity contribution < 1.29 is 31.1 Å². The van der Waals surface area contributed by atoms with E-state index in [0.29, 0.717) is 12.0 Å². The minimum Gasteiger partial charge on any atom is -0.492 e. The van der Waals surface area contributed by atoms with E-state index in [-0.39, 0.29) is 35.5 Å². The van der Waals surface area contributed by atoms with Crippen LogP contribution < -0.4 is 10.1 Å². The second-order valence-electron chi connectivity index (χ2n) is 9.74. The Morgan fingerprint density at radius 1 is 0.973 bits per heavy atom. The molecule has 5 rings (SSSR count). The number of rotatable bonds is 4. The number of H-pyrrole nitrogens is 1. The van der Waals surface area contributed by atoms with Crippen molar-refractivity contribution in [2.24, 2.45) is 5.92 Å². The van der Waals surface area contributed by atoms with Crippen LogP contribution in [0, 0.1) is 5.92 Å². The molecule has 0 spiro atoms. The Hall–Kier alpha value is -3.01. The number of aromatic nitrogens is 2. The first-order valence-electron chi connectivity index (χ1n) is 12.2. The molecule has 37 heavy (non-hydrogen) atoms. The van der Waals surface area contributed by atoms with Crippen LogP contribution in [-0.4, -0.2) is 28.7 Å². The van der Waals surface area contributed by atoms with Crippen molar-refractivity contribution in [3.8, 4) is 5.75 Å². The minimum absolute atomic E-state index is 0.0501. The summed E-state index contributed by atoms with van der Waals surface area (Å²) in [6.07, 6.45) is -0.972. The third-order valence-electron chi connectivity index (χ3n) is 6.65. The molecule has 10 heteroatoms. The van der Waals surface area contributed by atoms with E-state index in [4.69, 9.17) is 4.74 Å². The standard InChI is InChI=1S/C22H19F6N3O.C5H10/c1-12-6-14(13-2-4-15(5-3-13)21(23,24)25)7-16(31-12)10-32-17-8-18(22(26,27)28)20-19(9-17)29-11-30-20;1-5-3-2-4-5/h2-6,8-9,11-12,16,31H,7,10H2,1H3,(H,29,30);5H,2-4H2,1H3. The monoisotopic (exact) mass is 525 g/mol. The Morgan fingerprint density at radius 3 is 2.22 bits per heavy atom. The van der Waals surface area contributed by atoms with Gasteiger partial charge in [0.15, 0.2) is 0 Å². The summed E-state index contributed by atoms with van der Waals surface area (Å²) < 4.78 is 84.2. The highest BCUT2D eigenvalue weighted by Gasteiger charge is 2.35. The van der Waals surface area contributed by atoms with Crippen LogP contribution in [0.15, 0.2) is 48.8 Å². The number of benzene rings is 2. The van der Waals surface area contributed by atoms with Crippen LogP contribution in [0.1, 0.15) is 56.2 Å². The van der Waals surface area contributed by atoms with Crippen molar-refractivity contribution in [3.05, 3.63) is 65.5 Å². The molecule has 1 aromatic heterocycles. The summed E-state index contributed by atoms with van der Waals surface area (Å²) in [5.41, 5.74) is -0.0694. The second kappa shape index (κ2) is 10.8. The van der Waals surface area contributed by atoms with Crippen LogP contribution in [0.2, 0.25) is 0 Å².